The van der Waals surface area contributed by atoms with Crippen LogP contribution in [0.4, 0.5) is 0 Å². The van der Waals surface area contributed by atoms with E-state index in [0.717, 1.165) is 21.0 Å². The highest BCUT2D eigenvalue weighted by molar-refractivity contribution is 9.10. The summed E-state index contributed by atoms with van der Waals surface area (Å²) in [6.45, 7) is 2.12. The molecule has 0 bridgehead atoms. The second kappa shape index (κ2) is 3.75. The molecule has 1 N–H and O–H groups in total. The molecule has 0 saturated heterocycles. The number of aliphatic hydroxyl groups excluding tert-OH is 1. The van der Waals surface area contributed by atoms with Gasteiger partial charge in [-0.15, -0.1) is 0 Å². The SMILES string of the molecule is CC(CO)c1coc2cc(Br)ccc12. The summed E-state index contributed by atoms with van der Waals surface area (Å²) in [4.78, 5) is 0. The summed E-state index contributed by atoms with van der Waals surface area (Å²) < 4.78 is 6.41. The third-order valence-electron chi connectivity index (χ3n) is 2.37. The molecule has 2 nitrogen and oxygen atoms in total. The lowest BCUT2D eigenvalue weighted by Gasteiger charge is -2.04. The van der Waals surface area contributed by atoms with Crippen LogP contribution in [0.1, 0.15) is 18.4 Å². The van der Waals surface area contributed by atoms with Gasteiger partial charge in [-0.05, 0) is 18.2 Å². The first-order valence-corrected chi connectivity index (χ1v) is 5.29. The van der Waals surface area contributed by atoms with Gasteiger partial charge in [-0.1, -0.05) is 22.9 Å². The summed E-state index contributed by atoms with van der Waals surface area (Å²) in [7, 11) is 0. The van der Waals surface area contributed by atoms with E-state index in [-0.39, 0.29) is 12.5 Å². The van der Waals surface area contributed by atoms with Gasteiger partial charge in [0.1, 0.15) is 5.58 Å². The molecule has 74 valence electrons. The molecule has 0 spiro atoms. The number of benzene rings is 1. The maximum Gasteiger partial charge on any atom is 0.135 e. The van der Waals surface area contributed by atoms with E-state index in [1.807, 2.05) is 25.1 Å². The Hall–Kier alpha value is -0.800. The maximum absolute atomic E-state index is 9.07. The highest BCUT2D eigenvalue weighted by Crippen LogP contribution is 2.29. The van der Waals surface area contributed by atoms with Crippen LogP contribution in [0.2, 0.25) is 0 Å². The van der Waals surface area contributed by atoms with Gasteiger partial charge in [-0.25, -0.2) is 0 Å². The minimum absolute atomic E-state index is 0.123. The molecular formula is C11H11BrO2. The highest BCUT2D eigenvalue weighted by Gasteiger charge is 2.11. The molecule has 0 saturated carbocycles. The van der Waals surface area contributed by atoms with Crippen LogP contribution >= 0.6 is 15.9 Å². The van der Waals surface area contributed by atoms with E-state index in [4.69, 9.17) is 9.52 Å². The van der Waals surface area contributed by atoms with Crippen LogP contribution in [0, 0.1) is 0 Å². The van der Waals surface area contributed by atoms with Crippen LogP contribution in [0.15, 0.2) is 33.4 Å². The second-order valence-electron chi connectivity index (χ2n) is 3.42. The lowest BCUT2D eigenvalue weighted by atomic mass is 10.0. The lowest BCUT2D eigenvalue weighted by Crippen LogP contribution is -1.96. The van der Waals surface area contributed by atoms with Crippen molar-refractivity contribution in [2.75, 3.05) is 6.61 Å². The maximum atomic E-state index is 9.07. The highest BCUT2D eigenvalue weighted by atomic mass is 79.9. The summed E-state index contributed by atoms with van der Waals surface area (Å²) in [5.74, 6) is 0.123. The van der Waals surface area contributed by atoms with E-state index >= 15 is 0 Å². The Morgan fingerprint density at radius 3 is 3.00 bits per heavy atom. The van der Waals surface area contributed by atoms with Crippen LogP contribution in [0.25, 0.3) is 11.0 Å². The van der Waals surface area contributed by atoms with Gasteiger partial charge in [0.25, 0.3) is 0 Å². The fourth-order valence-corrected chi connectivity index (χ4v) is 1.84. The van der Waals surface area contributed by atoms with Gasteiger partial charge >= 0.3 is 0 Å². The van der Waals surface area contributed by atoms with Gasteiger partial charge in [0.2, 0.25) is 0 Å². The van der Waals surface area contributed by atoms with E-state index in [1.54, 1.807) is 6.26 Å². The number of furan rings is 1. The number of halogens is 1. The molecule has 2 aromatic rings. The minimum atomic E-state index is 0.123. The molecule has 0 amide bonds. The number of aliphatic hydroxyl groups is 1. The summed E-state index contributed by atoms with van der Waals surface area (Å²) in [5.41, 5.74) is 1.92. The zero-order valence-corrected chi connectivity index (χ0v) is 9.41. The normalized spacial score (nSPS) is 13.4. The third-order valence-corrected chi connectivity index (χ3v) is 2.87. The molecular weight excluding hydrogens is 244 g/mol. The lowest BCUT2D eigenvalue weighted by molar-refractivity contribution is 0.273. The van der Waals surface area contributed by atoms with Crippen molar-refractivity contribution in [3.63, 3.8) is 0 Å². The summed E-state index contributed by atoms with van der Waals surface area (Å²) in [5, 5.41) is 10.1. The molecule has 3 heteroatoms. The van der Waals surface area contributed by atoms with Crippen LogP contribution in [0.5, 0.6) is 0 Å². The third kappa shape index (κ3) is 1.57. The van der Waals surface area contributed by atoms with Crippen molar-refractivity contribution in [1.82, 2.24) is 0 Å². The van der Waals surface area contributed by atoms with Crippen LogP contribution in [-0.2, 0) is 0 Å². The van der Waals surface area contributed by atoms with E-state index in [2.05, 4.69) is 15.9 Å². The summed E-state index contributed by atoms with van der Waals surface area (Å²) in [6.07, 6.45) is 1.72. The number of rotatable bonds is 2. The van der Waals surface area contributed by atoms with Gasteiger partial charge in [-0.2, -0.15) is 0 Å². The average Bonchev–Trinajstić information content (AvgIpc) is 2.59. The van der Waals surface area contributed by atoms with E-state index in [0.29, 0.717) is 0 Å². The number of fused-ring (bicyclic) bond motifs is 1. The Bertz CT molecular complexity index is 447. The van der Waals surface area contributed by atoms with Crippen molar-refractivity contribution in [2.24, 2.45) is 0 Å². The Kier molecular flexibility index (Phi) is 2.61. The minimum Gasteiger partial charge on any atom is -0.464 e. The Morgan fingerprint density at radius 2 is 2.29 bits per heavy atom. The van der Waals surface area contributed by atoms with Crippen LogP contribution in [0.3, 0.4) is 0 Å². The van der Waals surface area contributed by atoms with Crippen molar-refractivity contribution in [2.45, 2.75) is 12.8 Å². The Labute approximate surface area is 90.7 Å². The van der Waals surface area contributed by atoms with Crippen molar-refractivity contribution >= 4 is 26.9 Å². The topological polar surface area (TPSA) is 33.4 Å². The molecule has 1 aromatic heterocycles. The molecule has 0 radical (unpaired) electrons. The molecule has 1 heterocycles. The first kappa shape index (κ1) is 9.74. The van der Waals surface area contributed by atoms with Crippen LogP contribution < -0.4 is 0 Å². The van der Waals surface area contributed by atoms with E-state index in [1.165, 1.54) is 0 Å². The summed E-state index contributed by atoms with van der Waals surface area (Å²) >= 11 is 3.39. The zero-order chi connectivity index (χ0) is 10.1. The standard InChI is InChI=1S/C11H11BrO2/c1-7(5-13)10-6-14-11-4-8(12)2-3-9(10)11/h2-4,6-7,13H,5H2,1H3. The Balaban J connectivity index is 2.58. The van der Waals surface area contributed by atoms with Gasteiger partial charge in [0.05, 0.1) is 6.26 Å². The molecule has 1 unspecified atom stereocenters. The van der Waals surface area contributed by atoms with Gasteiger partial charge < -0.3 is 9.52 Å². The zero-order valence-electron chi connectivity index (χ0n) is 7.83. The number of hydrogen-bond acceptors (Lipinski definition) is 2. The van der Waals surface area contributed by atoms with Crippen LogP contribution in [-0.4, -0.2) is 11.7 Å². The van der Waals surface area contributed by atoms with E-state index in [9.17, 15) is 0 Å². The average molecular weight is 255 g/mol. The monoisotopic (exact) mass is 254 g/mol. The molecule has 0 aliphatic carbocycles. The molecule has 2 rings (SSSR count). The van der Waals surface area contributed by atoms with Crippen molar-refractivity contribution in [3.05, 3.63) is 34.5 Å². The van der Waals surface area contributed by atoms with Crippen molar-refractivity contribution in [3.8, 4) is 0 Å². The molecule has 14 heavy (non-hydrogen) atoms. The molecule has 0 fully saturated rings. The first-order chi connectivity index (χ1) is 6.72. The molecule has 1 aromatic carbocycles. The largest absolute Gasteiger partial charge is 0.464 e. The predicted octanol–water partition coefficient (Wildman–Crippen LogP) is 3.29. The second-order valence-corrected chi connectivity index (χ2v) is 4.33. The van der Waals surface area contributed by atoms with Gasteiger partial charge in [0, 0.05) is 27.9 Å². The predicted molar refractivity (Wildman–Crippen MR) is 59.4 cm³/mol. The molecule has 0 aliphatic rings. The Morgan fingerprint density at radius 1 is 1.50 bits per heavy atom. The van der Waals surface area contributed by atoms with E-state index < -0.39 is 0 Å². The van der Waals surface area contributed by atoms with Crippen molar-refractivity contribution in [1.29, 1.82) is 0 Å². The van der Waals surface area contributed by atoms with Crippen molar-refractivity contribution < 1.29 is 9.52 Å². The number of hydrogen-bond donors (Lipinski definition) is 1. The fraction of sp³-hybridized carbons (Fsp3) is 0.273. The molecule has 1 atom stereocenters. The molecule has 0 aliphatic heterocycles. The fourth-order valence-electron chi connectivity index (χ4n) is 1.50. The van der Waals surface area contributed by atoms with Gasteiger partial charge in [-0.3, -0.25) is 0 Å². The summed E-state index contributed by atoms with van der Waals surface area (Å²) in [6, 6.07) is 5.92. The quantitative estimate of drug-likeness (QED) is 0.893. The van der Waals surface area contributed by atoms with Gasteiger partial charge in [0.15, 0.2) is 0 Å². The smallest absolute Gasteiger partial charge is 0.135 e. The first-order valence-electron chi connectivity index (χ1n) is 4.50.